The van der Waals surface area contributed by atoms with Crippen LogP contribution in [0.5, 0.6) is 0 Å². The standard InChI is InChI=1S/C15H29N3O3/c1-14(2,3)21-13(19)17-7-4-12(5-8-17)18-9-6-15(20,10-16)11-18/h12,20H,4-11,16H2,1-3H3. The summed E-state index contributed by atoms with van der Waals surface area (Å²) in [5.74, 6) is 0. The zero-order chi connectivity index (χ0) is 15.7. The van der Waals surface area contributed by atoms with E-state index in [0.29, 0.717) is 19.1 Å². The average molecular weight is 299 g/mol. The number of hydrogen-bond acceptors (Lipinski definition) is 5. The van der Waals surface area contributed by atoms with E-state index in [9.17, 15) is 9.90 Å². The summed E-state index contributed by atoms with van der Waals surface area (Å²) in [5, 5.41) is 10.2. The van der Waals surface area contributed by atoms with Gasteiger partial charge in [-0.3, -0.25) is 4.90 Å². The first-order valence-corrected chi connectivity index (χ1v) is 7.87. The molecule has 2 rings (SSSR count). The van der Waals surface area contributed by atoms with Crippen molar-refractivity contribution < 1.29 is 14.6 Å². The van der Waals surface area contributed by atoms with E-state index in [4.69, 9.17) is 10.5 Å². The molecule has 2 aliphatic rings. The Morgan fingerprint density at radius 1 is 1.33 bits per heavy atom. The summed E-state index contributed by atoms with van der Waals surface area (Å²) in [6, 6.07) is 0.435. The highest BCUT2D eigenvalue weighted by molar-refractivity contribution is 5.68. The van der Waals surface area contributed by atoms with Gasteiger partial charge in [-0.15, -0.1) is 0 Å². The number of carbonyl (C=O) groups is 1. The smallest absolute Gasteiger partial charge is 0.410 e. The van der Waals surface area contributed by atoms with Crippen molar-refractivity contribution in [1.82, 2.24) is 9.80 Å². The van der Waals surface area contributed by atoms with E-state index in [0.717, 1.165) is 38.9 Å². The van der Waals surface area contributed by atoms with Crippen LogP contribution in [-0.2, 0) is 4.74 Å². The number of piperidine rings is 1. The van der Waals surface area contributed by atoms with Crippen LogP contribution in [0.4, 0.5) is 4.79 Å². The van der Waals surface area contributed by atoms with Gasteiger partial charge in [-0.2, -0.15) is 0 Å². The minimum absolute atomic E-state index is 0.221. The number of carbonyl (C=O) groups excluding carboxylic acids is 1. The molecule has 1 unspecified atom stereocenters. The lowest BCUT2D eigenvalue weighted by molar-refractivity contribution is 0.0118. The molecule has 2 saturated heterocycles. The molecule has 0 aliphatic carbocycles. The zero-order valence-corrected chi connectivity index (χ0v) is 13.5. The van der Waals surface area contributed by atoms with E-state index in [2.05, 4.69) is 4.90 Å². The highest BCUT2D eigenvalue weighted by Gasteiger charge is 2.39. The molecule has 6 heteroatoms. The normalized spacial score (nSPS) is 28.9. The van der Waals surface area contributed by atoms with E-state index in [1.54, 1.807) is 4.90 Å². The van der Waals surface area contributed by atoms with Crippen molar-refractivity contribution in [2.24, 2.45) is 5.73 Å². The fourth-order valence-electron chi connectivity index (χ4n) is 3.11. The molecule has 1 amide bonds. The molecule has 3 N–H and O–H groups in total. The molecule has 0 aromatic carbocycles. The van der Waals surface area contributed by atoms with E-state index in [1.807, 2.05) is 20.8 Å². The Labute approximate surface area is 127 Å². The number of nitrogens with zero attached hydrogens (tertiary/aromatic N) is 2. The zero-order valence-electron chi connectivity index (χ0n) is 13.5. The van der Waals surface area contributed by atoms with Gasteiger partial charge in [-0.25, -0.2) is 4.79 Å². The topological polar surface area (TPSA) is 79.0 Å². The van der Waals surface area contributed by atoms with Crippen LogP contribution in [0, 0.1) is 0 Å². The maximum absolute atomic E-state index is 12.0. The average Bonchev–Trinajstić information content (AvgIpc) is 2.80. The lowest BCUT2D eigenvalue weighted by atomic mass is 10.0. The summed E-state index contributed by atoms with van der Waals surface area (Å²) < 4.78 is 5.41. The second kappa shape index (κ2) is 6.10. The van der Waals surface area contributed by atoms with Gasteiger partial charge in [-0.1, -0.05) is 0 Å². The first-order chi connectivity index (χ1) is 9.72. The van der Waals surface area contributed by atoms with Crippen LogP contribution < -0.4 is 5.73 Å². The number of β-amino-alcohol motifs (C(OH)–C–C–N with tert-alkyl or cyclic N) is 1. The van der Waals surface area contributed by atoms with Crippen molar-refractivity contribution in [3.05, 3.63) is 0 Å². The minimum atomic E-state index is -0.720. The van der Waals surface area contributed by atoms with Crippen LogP contribution in [0.25, 0.3) is 0 Å². The monoisotopic (exact) mass is 299 g/mol. The van der Waals surface area contributed by atoms with Crippen molar-refractivity contribution in [3.63, 3.8) is 0 Å². The number of nitrogens with two attached hydrogens (primary N) is 1. The van der Waals surface area contributed by atoms with E-state index in [1.165, 1.54) is 0 Å². The third kappa shape index (κ3) is 4.31. The molecule has 0 spiro atoms. The number of rotatable bonds is 2. The number of aliphatic hydroxyl groups is 1. The van der Waals surface area contributed by atoms with Gasteiger partial charge in [0.05, 0.1) is 5.60 Å². The maximum atomic E-state index is 12.0. The predicted octanol–water partition coefficient (Wildman–Crippen LogP) is 0.781. The van der Waals surface area contributed by atoms with E-state index in [-0.39, 0.29) is 6.09 Å². The molecule has 2 fully saturated rings. The summed E-state index contributed by atoms with van der Waals surface area (Å²) in [4.78, 5) is 16.1. The first kappa shape index (κ1) is 16.5. The Morgan fingerprint density at radius 3 is 2.43 bits per heavy atom. The van der Waals surface area contributed by atoms with Gasteiger partial charge in [-0.05, 0) is 40.0 Å². The fourth-order valence-corrected chi connectivity index (χ4v) is 3.11. The first-order valence-electron chi connectivity index (χ1n) is 7.87. The fraction of sp³-hybridized carbons (Fsp3) is 0.933. The molecule has 0 aromatic heterocycles. The number of ether oxygens (including phenoxy) is 1. The molecule has 2 heterocycles. The lowest BCUT2D eigenvalue weighted by Gasteiger charge is -2.37. The Balaban J connectivity index is 1.80. The number of amides is 1. The van der Waals surface area contributed by atoms with Gasteiger partial charge in [0.15, 0.2) is 0 Å². The third-order valence-electron chi connectivity index (χ3n) is 4.37. The molecule has 2 aliphatic heterocycles. The summed E-state index contributed by atoms with van der Waals surface area (Å²) in [6.07, 6.45) is 2.39. The van der Waals surface area contributed by atoms with E-state index < -0.39 is 11.2 Å². The van der Waals surface area contributed by atoms with Gasteiger partial charge in [0, 0.05) is 38.8 Å². The molecule has 6 nitrogen and oxygen atoms in total. The molecule has 0 bridgehead atoms. The Morgan fingerprint density at radius 2 is 1.95 bits per heavy atom. The van der Waals surface area contributed by atoms with Gasteiger partial charge in [0.25, 0.3) is 0 Å². The maximum Gasteiger partial charge on any atom is 0.410 e. The van der Waals surface area contributed by atoms with Crippen molar-refractivity contribution in [2.45, 2.75) is 57.3 Å². The molecular formula is C15H29N3O3. The minimum Gasteiger partial charge on any atom is -0.444 e. The van der Waals surface area contributed by atoms with Crippen molar-refractivity contribution in [1.29, 1.82) is 0 Å². The van der Waals surface area contributed by atoms with Crippen LogP contribution in [0.3, 0.4) is 0 Å². The second-order valence-electron chi connectivity index (χ2n) is 7.35. The van der Waals surface area contributed by atoms with Gasteiger partial charge in [0.2, 0.25) is 0 Å². The molecule has 0 aromatic rings. The summed E-state index contributed by atoms with van der Waals surface area (Å²) in [7, 11) is 0. The van der Waals surface area contributed by atoms with Gasteiger partial charge >= 0.3 is 6.09 Å². The lowest BCUT2D eigenvalue weighted by Crippen LogP contribution is -2.49. The largest absolute Gasteiger partial charge is 0.444 e. The quantitative estimate of drug-likeness (QED) is 0.788. The van der Waals surface area contributed by atoms with E-state index >= 15 is 0 Å². The highest BCUT2D eigenvalue weighted by Crippen LogP contribution is 2.27. The molecule has 0 saturated carbocycles. The summed E-state index contributed by atoms with van der Waals surface area (Å²) >= 11 is 0. The van der Waals surface area contributed by atoms with Crippen LogP contribution in [-0.4, -0.2) is 71.0 Å². The predicted molar refractivity (Wildman–Crippen MR) is 81.0 cm³/mol. The number of hydrogen-bond donors (Lipinski definition) is 2. The third-order valence-corrected chi connectivity index (χ3v) is 4.37. The molecular weight excluding hydrogens is 270 g/mol. The number of likely N-dealkylation sites (tertiary alicyclic amines) is 2. The van der Waals surface area contributed by atoms with Gasteiger partial charge in [0.1, 0.15) is 5.60 Å². The van der Waals surface area contributed by atoms with Crippen LogP contribution >= 0.6 is 0 Å². The van der Waals surface area contributed by atoms with Crippen molar-refractivity contribution in [3.8, 4) is 0 Å². The Bertz CT molecular complexity index is 375. The molecule has 122 valence electrons. The molecule has 21 heavy (non-hydrogen) atoms. The van der Waals surface area contributed by atoms with Crippen LogP contribution in [0.2, 0.25) is 0 Å². The SMILES string of the molecule is CC(C)(C)OC(=O)N1CCC(N2CCC(O)(CN)C2)CC1. The summed E-state index contributed by atoms with van der Waals surface area (Å²) in [5.41, 5.74) is 4.47. The van der Waals surface area contributed by atoms with Crippen LogP contribution in [0.1, 0.15) is 40.0 Å². The Hall–Kier alpha value is -0.850. The Kier molecular flexibility index (Phi) is 4.80. The second-order valence-corrected chi connectivity index (χ2v) is 7.35. The molecule has 1 atom stereocenters. The summed E-state index contributed by atoms with van der Waals surface area (Å²) in [6.45, 7) is 8.96. The van der Waals surface area contributed by atoms with Gasteiger partial charge < -0.3 is 20.5 Å². The van der Waals surface area contributed by atoms with Crippen molar-refractivity contribution >= 4 is 6.09 Å². The molecule has 0 radical (unpaired) electrons. The van der Waals surface area contributed by atoms with Crippen molar-refractivity contribution in [2.75, 3.05) is 32.7 Å². The highest BCUT2D eigenvalue weighted by atomic mass is 16.6. The van der Waals surface area contributed by atoms with Crippen LogP contribution in [0.15, 0.2) is 0 Å².